The van der Waals surface area contributed by atoms with Crippen LogP contribution in [-0.4, -0.2) is 42.3 Å². The van der Waals surface area contributed by atoms with Crippen LogP contribution in [0.5, 0.6) is 0 Å². The summed E-state index contributed by atoms with van der Waals surface area (Å²) in [6.45, 7) is 8.24. The third-order valence-corrected chi connectivity index (χ3v) is 3.85. The molecule has 0 unspecified atom stereocenters. The van der Waals surface area contributed by atoms with E-state index < -0.39 is 0 Å². The van der Waals surface area contributed by atoms with Crippen molar-refractivity contribution in [2.45, 2.75) is 52.4 Å². The Hall–Kier alpha value is -1.68. The molecule has 1 aromatic carbocycles. The summed E-state index contributed by atoms with van der Waals surface area (Å²) in [7, 11) is 0. The highest BCUT2D eigenvalue weighted by molar-refractivity contribution is 5.94. The lowest BCUT2D eigenvalue weighted by atomic mass is 10.1. The summed E-state index contributed by atoms with van der Waals surface area (Å²) in [6, 6.07) is 7.77. The lowest BCUT2D eigenvalue weighted by Crippen LogP contribution is -2.41. The van der Waals surface area contributed by atoms with Crippen LogP contribution in [0.1, 0.15) is 49.5 Å². The Balaban J connectivity index is 1.89. The number of hydrogen-bond donors (Lipinski definition) is 0. The second kappa shape index (κ2) is 8.08. The number of rotatable bonds is 5. The number of carbonyl (C=O) groups excluding carboxylic acids is 1. The van der Waals surface area contributed by atoms with Crippen molar-refractivity contribution in [1.29, 1.82) is 0 Å². The summed E-state index contributed by atoms with van der Waals surface area (Å²) in [5, 5.41) is 0. The van der Waals surface area contributed by atoms with E-state index in [-0.39, 0.29) is 12.0 Å². The van der Waals surface area contributed by atoms with Crippen molar-refractivity contribution >= 4 is 12.1 Å². The number of benzene rings is 1. The van der Waals surface area contributed by atoms with Gasteiger partial charge in [-0.15, -0.1) is 0 Å². The Labute approximate surface area is 133 Å². The van der Waals surface area contributed by atoms with Gasteiger partial charge in [0.05, 0.1) is 18.8 Å². The minimum atomic E-state index is 0.119. The zero-order chi connectivity index (χ0) is 15.9. The van der Waals surface area contributed by atoms with Gasteiger partial charge in [0, 0.05) is 18.7 Å². The van der Waals surface area contributed by atoms with Crippen LogP contribution in [0.15, 0.2) is 29.3 Å². The molecule has 1 heterocycles. The van der Waals surface area contributed by atoms with Crippen LogP contribution in [0.2, 0.25) is 0 Å². The van der Waals surface area contributed by atoms with Crippen molar-refractivity contribution in [2.75, 3.05) is 13.1 Å². The molecule has 0 spiro atoms. The summed E-state index contributed by atoms with van der Waals surface area (Å²) >= 11 is 0. The van der Waals surface area contributed by atoms with E-state index >= 15 is 0 Å². The Morgan fingerprint density at radius 3 is 2.50 bits per heavy atom. The van der Waals surface area contributed by atoms with Crippen LogP contribution in [0, 0.1) is 0 Å². The normalized spacial score (nSPS) is 16.6. The molecule has 1 aliphatic rings. The molecule has 0 N–H and O–H groups in total. The number of piperidine rings is 1. The molecule has 1 aliphatic heterocycles. The topological polar surface area (TPSA) is 41.9 Å². The summed E-state index contributed by atoms with van der Waals surface area (Å²) in [4.78, 5) is 18.6. The molecule has 0 aliphatic carbocycles. The number of amides is 1. The molecule has 0 saturated carbocycles. The molecule has 0 radical (unpaired) electrons. The lowest BCUT2D eigenvalue weighted by molar-refractivity contribution is -0.0236. The fourth-order valence-corrected chi connectivity index (χ4v) is 2.71. The van der Waals surface area contributed by atoms with E-state index in [4.69, 9.17) is 4.74 Å². The third kappa shape index (κ3) is 4.67. The number of nitrogens with zero attached hydrogens (tertiary/aromatic N) is 2. The molecule has 22 heavy (non-hydrogen) atoms. The van der Waals surface area contributed by atoms with E-state index in [1.54, 1.807) is 6.21 Å². The third-order valence-electron chi connectivity index (χ3n) is 3.85. The first-order valence-corrected chi connectivity index (χ1v) is 8.08. The first-order chi connectivity index (χ1) is 10.6. The number of carbonyl (C=O) groups is 1. The van der Waals surface area contributed by atoms with Crippen LogP contribution >= 0.6 is 0 Å². The van der Waals surface area contributed by atoms with Crippen molar-refractivity contribution in [3.8, 4) is 0 Å². The molecule has 2 rings (SSSR count). The fourth-order valence-electron chi connectivity index (χ4n) is 2.71. The highest BCUT2D eigenvalue weighted by Crippen LogP contribution is 2.18. The van der Waals surface area contributed by atoms with E-state index in [0.717, 1.165) is 37.1 Å². The standard InChI is InChI=1S/C18H26N2O2/c1-4-19-13-15-5-7-16(8-6-15)18(21)20-11-9-17(10-12-20)22-14(2)3/h4-8,14,17H,9-13H2,1-3H3/b19-4+. The second-order valence-corrected chi connectivity index (χ2v) is 5.97. The molecule has 4 nitrogen and oxygen atoms in total. The summed E-state index contributed by atoms with van der Waals surface area (Å²) in [6.07, 6.45) is 4.19. The van der Waals surface area contributed by atoms with Gasteiger partial charge in [0.1, 0.15) is 0 Å². The molecular formula is C18H26N2O2. The van der Waals surface area contributed by atoms with Crippen LogP contribution in [-0.2, 0) is 11.3 Å². The number of ether oxygens (including phenoxy) is 1. The molecular weight excluding hydrogens is 276 g/mol. The zero-order valence-corrected chi connectivity index (χ0v) is 13.8. The van der Waals surface area contributed by atoms with Gasteiger partial charge in [-0.05, 0) is 57.5 Å². The maximum atomic E-state index is 12.5. The zero-order valence-electron chi connectivity index (χ0n) is 13.8. The number of likely N-dealkylation sites (tertiary alicyclic amines) is 1. The van der Waals surface area contributed by atoms with E-state index in [0.29, 0.717) is 12.6 Å². The Kier molecular flexibility index (Phi) is 6.13. The summed E-state index contributed by atoms with van der Waals surface area (Å²) < 4.78 is 5.83. The molecule has 1 amide bonds. The average Bonchev–Trinajstić information content (AvgIpc) is 2.53. The van der Waals surface area contributed by atoms with Crippen molar-refractivity contribution in [1.82, 2.24) is 4.90 Å². The number of hydrogen-bond acceptors (Lipinski definition) is 3. The lowest BCUT2D eigenvalue weighted by Gasteiger charge is -2.33. The highest BCUT2D eigenvalue weighted by atomic mass is 16.5. The van der Waals surface area contributed by atoms with Gasteiger partial charge in [-0.2, -0.15) is 0 Å². The molecule has 120 valence electrons. The predicted octanol–water partition coefficient (Wildman–Crippen LogP) is 3.31. The van der Waals surface area contributed by atoms with Gasteiger partial charge in [0.25, 0.3) is 5.91 Å². The first-order valence-electron chi connectivity index (χ1n) is 8.08. The monoisotopic (exact) mass is 302 g/mol. The van der Waals surface area contributed by atoms with Crippen LogP contribution < -0.4 is 0 Å². The van der Waals surface area contributed by atoms with Gasteiger partial charge in [0.15, 0.2) is 0 Å². The van der Waals surface area contributed by atoms with Gasteiger partial charge in [-0.3, -0.25) is 9.79 Å². The van der Waals surface area contributed by atoms with E-state index in [2.05, 4.69) is 18.8 Å². The van der Waals surface area contributed by atoms with Crippen molar-refractivity contribution in [3.63, 3.8) is 0 Å². The molecule has 4 heteroatoms. The predicted molar refractivity (Wildman–Crippen MR) is 89.5 cm³/mol. The van der Waals surface area contributed by atoms with E-state index in [1.165, 1.54) is 0 Å². The molecule has 0 aromatic heterocycles. The smallest absolute Gasteiger partial charge is 0.253 e. The maximum absolute atomic E-state index is 12.5. The fraction of sp³-hybridized carbons (Fsp3) is 0.556. The minimum Gasteiger partial charge on any atom is -0.375 e. The summed E-state index contributed by atoms with van der Waals surface area (Å²) in [5.41, 5.74) is 1.88. The first kappa shape index (κ1) is 16.7. The summed E-state index contributed by atoms with van der Waals surface area (Å²) in [5.74, 6) is 0.119. The van der Waals surface area contributed by atoms with Crippen molar-refractivity contribution < 1.29 is 9.53 Å². The molecule has 0 bridgehead atoms. The molecule has 0 atom stereocenters. The SMILES string of the molecule is C/C=N/Cc1ccc(C(=O)N2CCC(OC(C)C)CC2)cc1. The Morgan fingerprint density at radius 2 is 1.95 bits per heavy atom. The van der Waals surface area contributed by atoms with Crippen LogP contribution in [0.25, 0.3) is 0 Å². The van der Waals surface area contributed by atoms with Crippen LogP contribution in [0.4, 0.5) is 0 Å². The van der Waals surface area contributed by atoms with Crippen molar-refractivity contribution in [3.05, 3.63) is 35.4 Å². The van der Waals surface area contributed by atoms with E-state index in [1.807, 2.05) is 36.1 Å². The quantitative estimate of drug-likeness (QED) is 0.783. The highest BCUT2D eigenvalue weighted by Gasteiger charge is 2.24. The second-order valence-electron chi connectivity index (χ2n) is 5.97. The largest absolute Gasteiger partial charge is 0.375 e. The van der Waals surface area contributed by atoms with Crippen LogP contribution in [0.3, 0.4) is 0 Å². The van der Waals surface area contributed by atoms with Crippen molar-refractivity contribution in [2.24, 2.45) is 4.99 Å². The average molecular weight is 302 g/mol. The number of aliphatic imine (C=N–C) groups is 1. The van der Waals surface area contributed by atoms with Gasteiger partial charge < -0.3 is 9.64 Å². The van der Waals surface area contributed by atoms with Gasteiger partial charge >= 0.3 is 0 Å². The van der Waals surface area contributed by atoms with Gasteiger partial charge in [-0.1, -0.05) is 12.1 Å². The molecule has 1 saturated heterocycles. The Morgan fingerprint density at radius 1 is 1.32 bits per heavy atom. The van der Waals surface area contributed by atoms with E-state index in [9.17, 15) is 4.79 Å². The maximum Gasteiger partial charge on any atom is 0.253 e. The Bertz CT molecular complexity index is 500. The molecule has 1 fully saturated rings. The van der Waals surface area contributed by atoms with Gasteiger partial charge in [0.2, 0.25) is 0 Å². The molecule has 1 aromatic rings. The minimum absolute atomic E-state index is 0.119. The van der Waals surface area contributed by atoms with Gasteiger partial charge in [-0.25, -0.2) is 0 Å².